The molecule has 0 aliphatic carbocycles. The lowest BCUT2D eigenvalue weighted by Gasteiger charge is -2.15. The Balaban J connectivity index is 4.13. The smallest absolute Gasteiger partial charge is 0.389 e. The molecule has 0 spiro atoms. The average molecular weight is 220 g/mol. The summed E-state index contributed by atoms with van der Waals surface area (Å²) < 4.78 is 63.7. The molecule has 0 bridgehead atoms. The van der Waals surface area contributed by atoms with Crippen molar-refractivity contribution in [1.82, 2.24) is 0 Å². The first kappa shape index (κ1) is 13.1. The summed E-state index contributed by atoms with van der Waals surface area (Å²) >= 11 is 0. The van der Waals surface area contributed by atoms with Gasteiger partial charge >= 0.3 is 18.1 Å². The molecule has 0 amide bonds. The van der Waals surface area contributed by atoms with E-state index in [9.17, 15) is 26.7 Å². The summed E-state index contributed by atoms with van der Waals surface area (Å²) in [5.41, 5.74) is 0. The van der Waals surface area contributed by atoms with Crippen LogP contribution in [-0.2, 0) is 9.53 Å². The van der Waals surface area contributed by atoms with Gasteiger partial charge in [-0.3, -0.25) is 0 Å². The monoisotopic (exact) mass is 220 g/mol. The molecule has 0 rings (SSSR count). The molecule has 0 N–H and O–H groups in total. The number of alkyl halides is 5. The van der Waals surface area contributed by atoms with Crippen LogP contribution in [0.4, 0.5) is 22.0 Å². The molecule has 0 aliphatic rings. The molecule has 0 aromatic heterocycles. The second-order valence-corrected chi connectivity index (χ2v) is 2.54. The highest BCUT2D eigenvalue weighted by molar-refractivity contribution is 5.77. The van der Waals surface area contributed by atoms with Crippen LogP contribution in [0.2, 0.25) is 0 Å². The maximum atomic E-state index is 12.6. The predicted octanol–water partition coefficient (Wildman–Crippen LogP) is 2.53. The lowest BCUT2D eigenvalue weighted by atomic mass is 10.2. The summed E-state index contributed by atoms with van der Waals surface area (Å²) in [4.78, 5) is 10.4. The summed E-state index contributed by atoms with van der Waals surface area (Å²) in [6.07, 6.45) is -7.98. The van der Waals surface area contributed by atoms with Crippen molar-refractivity contribution in [2.24, 2.45) is 0 Å². The van der Waals surface area contributed by atoms with Gasteiger partial charge in [0.15, 0.2) is 0 Å². The summed E-state index contributed by atoms with van der Waals surface area (Å²) in [6.45, 7) is 0.998. The Kier molecular flexibility index (Phi) is 4.28. The molecule has 0 saturated heterocycles. The highest BCUT2D eigenvalue weighted by Crippen LogP contribution is 2.29. The van der Waals surface area contributed by atoms with Gasteiger partial charge < -0.3 is 4.74 Å². The first-order chi connectivity index (χ1) is 6.19. The van der Waals surface area contributed by atoms with Gasteiger partial charge in [-0.25, -0.2) is 4.79 Å². The van der Waals surface area contributed by atoms with E-state index in [2.05, 4.69) is 4.74 Å². The van der Waals surface area contributed by atoms with Gasteiger partial charge in [0.2, 0.25) is 0 Å². The third kappa shape index (κ3) is 4.98. The Hall–Kier alpha value is -0.880. The van der Waals surface area contributed by atoms with Gasteiger partial charge in [-0.05, 0) is 6.92 Å². The van der Waals surface area contributed by atoms with Gasteiger partial charge in [-0.15, -0.1) is 0 Å². The second kappa shape index (κ2) is 4.56. The molecule has 14 heavy (non-hydrogen) atoms. The molecule has 0 heterocycles. The predicted molar refractivity (Wildman–Crippen MR) is 36.9 cm³/mol. The van der Waals surface area contributed by atoms with Crippen molar-refractivity contribution in [3.8, 4) is 0 Å². The van der Waals surface area contributed by atoms with E-state index >= 15 is 0 Å². The lowest BCUT2D eigenvalue weighted by Crippen LogP contribution is -2.32. The fraction of sp³-hybridized carbons (Fsp3) is 0.857. The zero-order valence-electron chi connectivity index (χ0n) is 7.33. The van der Waals surface area contributed by atoms with Crippen LogP contribution >= 0.6 is 0 Å². The number of ether oxygens (including phenoxy) is 1. The number of rotatable bonds is 4. The number of carbonyl (C=O) groups excluding carboxylic acids is 1. The minimum Gasteiger partial charge on any atom is -0.462 e. The molecule has 0 aliphatic heterocycles. The van der Waals surface area contributed by atoms with Crippen LogP contribution in [0.25, 0.3) is 0 Å². The van der Waals surface area contributed by atoms with Gasteiger partial charge in [0.25, 0.3) is 0 Å². The lowest BCUT2D eigenvalue weighted by molar-refractivity contribution is -0.181. The zero-order valence-corrected chi connectivity index (χ0v) is 7.33. The van der Waals surface area contributed by atoms with Gasteiger partial charge in [0.1, 0.15) is 0 Å². The van der Waals surface area contributed by atoms with Crippen LogP contribution in [0.1, 0.15) is 19.8 Å². The van der Waals surface area contributed by atoms with Gasteiger partial charge in [0.05, 0.1) is 6.61 Å². The molecule has 0 saturated carbocycles. The molecule has 0 atom stereocenters. The molecular formula is C7H9F5O2. The van der Waals surface area contributed by atoms with Crippen LogP contribution in [-0.4, -0.2) is 24.7 Å². The molecular weight excluding hydrogens is 211 g/mol. The summed E-state index contributed by atoms with van der Waals surface area (Å²) in [5.74, 6) is -5.98. The van der Waals surface area contributed by atoms with E-state index in [0.29, 0.717) is 0 Å². The van der Waals surface area contributed by atoms with E-state index < -0.39 is 30.9 Å². The first-order valence-electron chi connectivity index (χ1n) is 3.81. The number of halogens is 5. The maximum Gasteiger partial charge on any atom is 0.389 e. The largest absolute Gasteiger partial charge is 0.462 e. The molecule has 7 heteroatoms. The fourth-order valence-electron chi connectivity index (χ4n) is 0.637. The van der Waals surface area contributed by atoms with Crippen LogP contribution in [0.5, 0.6) is 0 Å². The molecule has 0 fully saturated rings. The molecule has 2 nitrogen and oxygen atoms in total. The fourth-order valence-corrected chi connectivity index (χ4v) is 0.637. The highest BCUT2D eigenvalue weighted by atomic mass is 19.4. The number of hydrogen-bond acceptors (Lipinski definition) is 2. The number of esters is 1. The maximum absolute atomic E-state index is 12.6. The molecule has 0 radical (unpaired) electrons. The van der Waals surface area contributed by atoms with E-state index in [1.807, 2.05) is 0 Å². The molecule has 0 aromatic carbocycles. The Labute approximate surface area is 77.0 Å². The Morgan fingerprint density at radius 3 is 2.00 bits per heavy atom. The minimum absolute atomic E-state index is 0.291. The van der Waals surface area contributed by atoms with E-state index in [1.165, 1.54) is 6.92 Å². The molecule has 84 valence electrons. The quantitative estimate of drug-likeness (QED) is 0.537. The first-order valence-corrected chi connectivity index (χ1v) is 3.81. The zero-order chi connectivity index (χ0) is 11.4. The van der Waals surface area contributed by atoms with Crippen LogP contribution in [0.15, 0.2) is 0 Å². The van der Waals surface area contributed by atoms with Crippen molar-refractivity contribution in [2.75, 3.05) is 6.61 Å². The van der Waals surface area contributed by atoms with Crippen LogP contribution in [0, 0.1) is 0 Å². The second-order valence-electron chi connectivity index (χ2n) is 2.54. The van der Waals surface area contributed by atoms with Crippen molar-refractivity contribution < 1.29 is 31.5 Å². The van der Waals surface area contributed by atoms with E-state index in [-0.39, 0.29) is 6.61 Å². The standard InChI is InChI=1S/C7H9F5O2/c1-2-14-5(13)6(8,9)3-4-7(10,11)12/h2-4H2,1H3. The summed E-state index contributed by atoms with van der Waals surface area (Å²) in [7, 11) is 0. The third-order valence-corrected chi connectivity index (χ3v) is 1.30. The van der Waals surface area contributed by atoms with Crippen LogP contribution in [0.3, 0.4) is 0 Å². The Morgan fingerprint density at radius 2 is 1.64 bits per heavy atom. The number of carbonyl (C=O) groups is 1. The number of hydrogen-bond donors (Lipinski definition) is 0. The normalized spacial score (nSPS) is 12.7. The summed E-state index contributed by atoms with van der Waals surface area (Å²) in [6, 6.07) is 0. The molecule has 0 aromatic rings. The Bertz CT molecular complexity index is 199. The molecule has 0 unspecified atom stereocenters. The third-order valence-electron chi connectivity index (χ3n) is 1.30. The SMILES string of the molecule is CCOC(=O)C(F)(F)CCC(F)(F)F. The van der Waals surface area contributed by atoms with Gasteiger partial charge in [-0.1, -0.05) is 0 Å². The van der Waals surface area contributed by atoms with Crippen molar-refractivity contribution in [3.63, 3.8) is 0 Å². The highest BCUT2D eigenvalue weighted by Gasteiger charge is 2.43. The van der Waals surface area contributed by atoms with E-state index in [0.717, 1.165) is 0 Å². The summed E-state index contributed by atoms with van der Waals surface area (Å²) in [5, 5.41) is 0. The topological polar surface area (TPSA) is 26.3 Å². The van der Waals surface area contributed by atoms with E-state index in [1.54, 1.807) is 0 Å². The van der Waals surface area contributed by atoms with Crippen molar-refractivity contribution >= 4 is 5.97 Å². The van der Waals surface area contributed by atoms with Gasteiger partial charge in [0, 0.05) is 12.8 Å². The average Bonchev–Trinajstić information content (AvgIpc) is 2.00. The van der Waals surface area contributed by atoms with Crippen molar-refractivity contribution in [1.29, 1.82) is 0 Å². The van der Waals surface area contributed by atoms with Crippen molar-refractivity contribution in [3.05, 3.63) is 0 Å². The van der Waals surface area contributed by atoms with E-state index in [4.69, 9.17) is 0 Å². The van der Waals surface area contributed by atoms with Crippen LogP contribution < -0.4 is 0 Å². The van der Waals surface area contributed by atoms with Gasteiger partial charge in [-0.2, -0.15) is 22.0 Å². The van der Waals surface area contributed by atoms with Crippen molar-refractivity contribution in [2.45, 2.75) is 31.9 Å². The Morgan fingerprint density at radius 1 is 1.14 bits per heavy atom. The minimum atomic E-state index is -4.70.